The molecule has 1 unspecified atom stereocenters. The van der Waals surface area contributed by atoms with Crippen LogP contribution in [0.5, 0.6) is 0 Å². The molecule has 2 aliphatic heterocycles. The zero-order chi connectivity index (χ0) is 13.2. The number of rotatable bonds is 0. The molecule has 2 saturated heterocycles. The van der Waals surface area contributed by atoms with E-state index in [-0.39, 0.29) is 18.2 Å². The number of furan rings is 1. The van der Waals surface area contributed by atoms with E-state index < -0.39 is 5.60 Å². The first kappa shape index (κ1) is 11.3. The molecule has 3 heterocycles. The van der Waals surface area contributed by atoms with Gasteiger partial charge in [-0.15, -0.1) is 0 Å². The third-order valence-corrected chi connectivity index (χ3v) is 4.43. The van der Waals surface area contributed by atoms with Gasteiger partial charge in [-0.3, -0.25) is 0 Å². The van der Waals surface area contributed by atoms with Crippen molar-refractivity contribution >= 4 is 5.97 Å². The largest absolute Gasteiger partial charge is 0.468 e. The number of fused-ring (bicyclic) bond motifs is 2. The summed E-state index contributed by atoms with van der Waals surface area (Å²) in [7, 11) is 0. The van der Waals surface area contributed by atoms with Crippen LogP contribution in [0.4, 0.5) is 0 Å². The van der Waals surface area contributed by atoms with E-state index in [1.807, 2.05) is 6.92 Å². The number of epoxide rings is 1. The van der Waals surface area contributed by atoms with E-state index in [1.165, 1.54) is 5.57 Å². The lowest BCUT2D eigenvalue weighted by Crippen LogP contribution is -2.22. The Kier molecular flexibility index (Phi) is 2.09. The van der Waals surface area contributed by atoms with Gasteiger partial charge in [-0.25, -0.2) is 4.79 Å². The summed E-state index contributed by atoms with van der Waals surface area (Å²) < 4.78 is 16.9. The van der Waals surface area contributed by atoms with Crippen LogP contribution in [0.15, 0.2) is 22.3 Å². The van der Waals surface area contributed by atoms with Crippen molar-refractivity contribution in [3.63, 3.8) is 0 Å². The maximum absolute atomic E-state index is 12.1. The van der Waals surface area contributed by atoms with Gasteiger partial charge in [0.05, 0.1) is 6.26 Å². The predicted octanol–water partition coefficient (Wildman–Crippen LogP) is 2.61. The first-order valence-electron chi connectivity index (χ1n) is 6.73. The van der Waals surface area contributed by atoms with Crippen LogP contribution in [0.3, 0.4) is 0 Å². The Balaban J connectivity index is 1.85. The third kappa shape index (κ3) is 1.40. The van der Waals surface area contributed by atoms with E-state index in [4.69, 9.17) is 13.9 Å². The first-order valence-corrected chi connectivity index (χ1v) is 6.73. The fourth-order valence-corrected chi connectivity index (χ4v) is 3.34. The quantitative estimate of drug-likeness (QED) is 0.409. The zero-order valence-electron chi connectivity index (χ0n) is 11.1. The molecule has 0 spiro atoms. The SMILES string of the molecule is C/C1=C\CC[C@]23OC2[C@@H](OC3=O)c2c(C)coc2C1. The van der Waals surface area contributed by atoms with Gasteiger partial charge in [0.2, 0.25) is 0 Å². The highest BCUT2D eigenvalue weighted by molar-refractivity contribution is 5.87. The molecule has 4 heteroatoms. The topological polar surface area (TPSA) is 52.0 Å². The van der Waals surface area contributed by atoms with Crippen molar-refractivity contribution in [2.24, 2.45) is 0 Å². The normalized spacial score (nSPS) is 38.8. The van der Waals surface area contributed by atoms with Crippen LogP contribution < -0.4 is 0 Å². The Bertz CT molecular complexity index is 597. The molecule has 4 nitrogen and oxygen atoms in total. The molecule has 0 radical (unpaired) electrons. The standard InChI is InChI=1S/C15H16O4/c1-8-4-3-5-15-13(19-15)12(18-14(15)16)11-9(2)7-17-10(11)6-8/h4,7,12-13H,3,5-6H2,1-2H3/b8-4+/t12-,13?,15-/m0/s1. The van der Waals surface area contributed by atoms with Gasteiger partial charge >= 0.3 is 5.97 Å². The number of carbonyl (C=O) groups is 1. The Morgan fingerprint density at radius 2 is 2.21 bits per heavy atom. The van der Waals surface area contributed by atoms with Gasteiger partial charge in [0.1, 0.15) is 11.9 Å². The average Bonchev–Trinajstić information content (AvgIpc) is 2.91. The summed E-state index contributed by atoms with van der Waals surface area (Å²) >= 11 is 0. The van der Waals surface area contributed by atoms with Crippen LogP contribution in [0.25, 0.3) is 0 Å². The molecule has 2 bridgehead atoms. The average molecular weight is 260 g/mol. The second-order valence-corrected chi connectivity index (χ2v) is 5.78. The molecular weight excluding hydrogens is 244 g/mol. The Morgan fingerprint density at radius 1 is 1.37 bits per heavy atom. The van der Waals surface area contributed by atoms with Gasteiger partial charge in [-0.05, 0) is 32.3 Å². The van der Waals surface area contributed by atoms with Crippen LogP contribution in [-0.4, -0.2) is 17.7 Å². The summed E-state index contributed by atoms with van der Waals surface area (Å²) in [6.45, 7) is 4.08. The van der Waals surface area contributed by atoms with E-state index >= 15 is 0 Å². The van der Waals surface area contributed by atoms with E-state index in [1.54, 1.807) is 6.26 Å². The van der Waals surface area contributed by atoms with Crippen LogP contribution in [0.2, 0.25) is 0 Å². The molecule has 2 fully saturated rings. The third-order valence-electron chi connectivity index (χ3n) is 4.43. The first-order chi connectivity index (χ1) is 9.12. The van der Waals surface area contributed by atoms with Crippen LogP contribution >= 0.6 is 0 Å². The summed E-state index contributed by atoms with van der Waals surface area (Å²) in [5.74, 6) is 0.694. The minimum Gasteiger partial charge on any atom is -0.468 e. The van der Waals surface area contributed by atoms with Gasteiger partial charge < -0.3 is 13.9 Å². The molecule has 100 valence electrons. The van der Waals surface area contributed by atoms with Crippen molar-refractivity contribution in [3.8, 4) is 0 Å². The van der Waals surface area contributed by atoms with Crippen molar-refractivity contribution in [2.75, 3.05) is 0 Å². The molecule has 3 aliphatic rings. The summed E-state index contributed by atoms with van der Waals surface area (Å²) in [5, 5.41) is 0. The minimum absolute atomic E-state index is 0.123. The van der Waals surface area contributed by atoms with Gasteiger partial charge in [-0.2, -0.15) is 0 Å². The highest BCUT2D eigenvalue weighted by Gasteiger charge is 2.73. The highest BCUT2D eigenvalue weighted by atomic mass is 16.7. The smallest absolute Gasteiger partial charge is 0.342 e. The molecule has 19 heavy (non-hydrogen) atoms. The van der Waals surface area contributed by atoms with Crippen molar-refractivity contribution in [1.82, 2.24) is 0 Å². The van der Waals surface area contributed by atoms with Crippen LogP contribution in [0.1, 0.15) is 42.8 Å². The molecule has 4 rings (SSSR count). The van der Waals surface area contributed by atoms with Gasteiger partial charge in [-0.1, -0.05) is 11.6 Å². The number of aryl methyl sites for hydroxylation is 1. The zero-order valence-corrected chi connectivity index (χ0v) is 11.1. The molecule has 0 N–H and O–H groups in total. The van der Waals surface area contributed by atoms with E-state index in [9.17, 15) is 4.79 Å². The van der Waals surface area contributed by atoms with Crippen molar-refractivity contribution in [3.05, 3.63) is 34.8 Å². The van der Waals surface area contributed by atoms with E-state index in [0.717, 1.165) is 36.1 Å². The molecule has 0 aromatic carbocycles. The Morgan fingerprint density at radius 3 is 3.00 bits per heavy atom. The Labute approximate surface area is 111 Å². The van der Waals surface area contributed by atoms with Crippen molar-refractivity contribution in [2.45, 2.75) is 50.9 Å². The molecule has 1 aliphatic carbocycles. The fourth-order valence-electron chi connectivity index (χ4n) is 3.34. The fraction of sp³-hybridized carbons (Fsp3) is 0.533. The lowest BCUT2D eigenvalue weighted by molar-refractivity contribution is -0.154. The van der Waals surface area contributed by atoms with Crippen LogP contribution in [0, 0.1) is 6.92 Å². The molecule has 0 saturated carbocycles. The second kappa shape index (κ2) is 3.51. The molecule has 0 amide bonds. The lowest BCUT2D eigenvalue weighted by Gasteiger charge is -2.13. The molecule has 1 aromatic heterocycles. The van der Waals surface area contributed by atoms with E-state index in [2.05, 4.69) is 13.0 Å². The molecule has 3 atom stereocenters. The summed E-state index contributed by atoms with van der Waals surface area (Å²) in [5.41, 5.74) is 2.62. The van der Waals surface area contributed by atoms with Gasteiger partial charge in [0.25, 0.3) is 0 Å². The predicted molar refractivity (Wildman–Crippen MR) is 66.6 cm³/mol. The number of allylic oxidation sites excluding steroid dienone is 2. The van der Waals surface area contributed by atoms with Gasteiger partial charge in [0, 0.05) is 12.0 Å². The monoisotopic (exact) mass is 260 g/mol. The summed E-state index contributed by atoms with van der Waals surface area (Å²) in [6.07, 6.45) is 5.84. The number of hydrogen-bond acceptors (Lipinski definition) is 4. The molecular formula is C15H16O4. The number of ether oxygens (including phenoxy) is 2. The highest BCUT2D eigenvalue weighted by Crippen LogP contribution is 2.57. The number of esters is 1. The minimum atomic E-state index is -0.681. The van der Waals surface area contributed by atoms with Gasteiger partial charge in [0.15, 0.2) is 11.7 Å². The summed E-state index contributed by atoms with van der Waals surface area (Å²) in [4.78, 5) is 12.1. The lowest BCUT2D eigenvalue weighted by atomic mass is 9.91. The number of hydrogen-bond donors (Lipinski definition) is 0. The van der Waals surface area contributed by atoms with E-state index in [0.29, 0.717) is 0 Å². The Hall–Kier alpha value is -1.55. The van der Waals surface area contributed by atoms with Crippen molar-refractivity contribution < 1.29 is 18.7 Å². The summed E-state index contributed by atoms with van der Waals surface area (Å²) in [6, 6.07) is 0. The van der Waals surface area contributed by atoms with Crippen LogP contribution in [-0.2, 0) is 20.7 Å². The van der Waals surface area contributed by atoms with Crippen molar-refractivity contribution in [1.29, 1.82) is 0 Å². The maximum Gasteiger partial charge on any atom is 0.342 e. The molecule has 1 aromatic rings. The second-order valence-electron chi connectivity index (χ2n) is 5.78. The number of carbonyl (C=O) groups excluding carboxylic acids is 1. The maximum atomic E-state index is 12.1.